The number of rotatable bonds is 4. The van der Waals surface area contributed by atoms with Crippen molar-refractivity contribution in [3.63, 3.8) is 0 Å². The maximum absolute atomic E-state index is 4.28. The van der Waals surface area contributed by atoms with Crippen molar-refractivity contribution < 1.29 is 0 Å². The standard InChI is InChI=1S/C12H19N4/c1-2-3-7-15-8-10-16(11-9-15)12-13-5-4-6-14-12/h2,4-6H,3,7-11H2,1H3. The highest BCUT2D eigenvalue weighted by Crippen LogP contribution is 2.09. The number of piperazine rings is 1. The number of unbranched alkanes of at least 4 members (excludes halogenated alkanes) is 1. The average Bonchev–Trinajstić information content (AvgIpc) is 2.38. The molecular formula is C12H19N4. The van der Waals surface area contributed by atoms with Crippen molar-refractivity contribution in [2.45, 2.75) is 13.3 Å². The quantitative estimate of drug-likeness (QED) is 0.762. The largest absolute Gasteiger partial charge is 0.338 e. The minimum absolute atomic E-state index is 0.865. The lowest BCUT2D eigenvalue weighted by atomic mass is 10.2. The molecule has 0 atom stereocenters. The zero-order valence-electron chi connectivity index (χ0n) is 9.84. The Hall–Kier alpha value is -1.16. The topological polar surface area (TPSA) is 32.3 Å². The van der Waals surface area contributed by atoms with Crippen LogP contribution < -0.4 is 4.90 Å². The Morgan fingerprint density at radius 1 is 1.19 bits per heavy atom. The summed E-state index contributed by atoms with van der Waals surface area (Å²) in [5.74, 6) is 0.865. The second-order valence-electron chi connectivity index (χ2n) is 4.07. The van der Waals surface area contributed by atoms with Gasteiger partial charge in [-0.3, -0.25) is 4.90 Å². The zero-order valence-corrected chi connectivity index (χ0v) is 9.84. The summed E-state index contributed by atoms with van der Waals surface area (Å²) in [4.78, 5) is 13.3. The number of anilines is 1. The molecule has 0 aliphatic carbocycles. The van der Waals surface area contributed by atoms with Crippen molar-refractivity contribution in [1.82, 2.24) is 14.9 Å². The Morgan fingerprint density at radius 3 is 2.50 bits per heavy atom. The maximum Gasteiger partial charge on any atom is 0.225 e. The van der Waals surface area contributed by atoms with Gasteiger partial charge in [0.2, 0.25) is 5.95 Å². The van der Waals surface area contributed by atoms with Crippen LogP contribution in [0.5, 0.6) is 0 Å². The molecule has 87 valence electrons. The molecule has 2 heterocycles. The summed E-state index contributed by atoms with van der Waals surface area (Å²) < 4.78 is 0. The van der Waals surface area contributed by atoms with Crippen LogP contribution in [0.15, 0.2) is 18.5 Å². The smallest absolute Gasteiger partial charge is 0.225 e. The molecule has 1 saturated heterocycles. The van der Waals surface area contributed by atoms with E-state index in [1.54, 1.807) is 12.4 Å². The Labute approximate surface area is 97.3 Å². The van der Waals surface area contributed by atoms with Crippen LogP contribution in [0.3, 0.4) is 0 Å². The fourth-order valence-electron chi connectivity index (χ4n) is 1.94. The van der Waals surface area contributed by atoms with E-state index >= 15 is 0 Å². The first-order valence-corrected chi connectivity index (χ1v) is 5.92. The van der Waals surface area contributed by atoms with Crippen LogP contribution in [-0.4, -0.2) is 47.6 Å². The number of hydrogen-bond donors (Lipinski definition) is 0. The highest BCUT2D eigenvalue weighted by molar-refractivity contribution is 5.29. The van der Waals surface area contributed by atoms with E-state index in [1.807, 2.05) is 6.07 Å². The van der Waals surface area contributed by atoms with Crippen molar-refractivity contribution in [1.29, 1.82) is 0 Å². The van der Waals surface area contributed by atoms with E-state index in [9.17, 15) is 0 Å². The molecule has 0 aromatic carbocycles. The van der Waals surface area contributed by atoms with Crippen molar-refractivity contribution in [3.05, 3.63) is 24.9 Å². The minimum atomic E-state index is 0.865. The number of aromatic nitrogens is 2. The average molecular weight is 219 g/mol. The Balaban J connectivity index is 1.81. The van der Waals surface area contributed by atoms with Gasteiger partial charge in [0.15, 0.2) is 0 Å². The molecule has 0 N–H and O–H groups in total. The lowest BCUT2D eigenvalue weighted by Crippen LogP contribution is -2.47. The Kier molecular flexibility index (Phi) is 4.10. The summed E-state index contributed by atoms with van der Waals surface area (Å²) in [7, 11) is 0. The van der Waals surface area contributed by atoms with Crippen LogP contribution in [-0.2, 0) is 0 Å². The second-order valence-corrected chi connectivity index (χ2v) is 4.07. The van der Waals surface area contributed by atoms with Crippen LogP contribution in [0.25, 0.3) is 0 Å². The fourth-order valence-corrected chi connectivity index (χ4v) is 1.94. The lowest BCUT2D eigenvalue weighted by Gasteiger charge is -2.34. The van der Waals surface area contributed by atoms with Crippen LogP contribution in [0, 0.1) is 6.42 Å². The molecule has 4 nitrogen and oxygen atoms in total. The molecule has 2 rings (SSSR count). The predicted molar refractivity (Wildman–Crippen MR) is 65.3 cm³/mol. The highest BCUT2D eigenvalue weighted by Gasteiger charge is 2.17. The first-order valence-electron chi connectivity index (χ1n) is 5.92. The molecule has 4 heteroatoms. The van der Waals surface area contributed by atoms with E-state index in [4.69, 9.17) is 0 Å². The number of nitrogens with zero attached hydrogens (tertiary/aromatic N) is 4. The van der Waals surface area contributed by atoms with Crippen molar-refractivity contribution >= 4 is 5.95 Å². The van der Waals surface area contributed by atoms with Gasteiger partial charge in [0, 0.05) is 38.6 Å². The van der Waals surface area contributed by atoms with Crippen molar-refractivity contribution in [2.75, 3.05) is 37.6 Å². The summed E-state index contributed by atoms with van der Waals surface area (Å²) >= 11 is 0. The van der Waals surface area contributed by atoms with E-state index in [0.717, 1.165) is 32.1 Å². The molecular weight excluding hydrogens is 200 g/mol. The molecule has 0 unspecified atom stereocenters. The lowest BCUT2D eigenvalue weighted by molar-refractivity contribution is 0.259. The van der Waals surface area contributed by atoms with Crippen LogP contribution in [0.1, 0.15) is 13.3 Å². The minimum Gasteiger partial charge on any atom is -0.338 e. The van der Waals surface area contributed by atoms with E-state index in [1.165, 1.54) is 13.0 Å². The van der Waals surface area contributed by atoms with Gasteiger partial charge in [0.25, 0.3) is 0 Å². The van der Waals surface area contributed by atoms with E-state index in [0.29, 0.717) is 0 Å². The summed E-state index contributed by atoms with van der Waals surface area (Å²) in [5.41, 5.74) is 0. The summed E-state index contributed by atoms with van der Waals surface area (Å²) in [6.07, 6.45) is 7.02. The van der Waals surface area contributed by atoms with Gasteiger partial charge in [0.1, 0.15) is 0 Å². The monoisotopic (exact) mass is 219 g/mol. The number of hydrogen-bond acceptors (Lipinski definition) is 4. The highest BCUT2D eigenvalue weighted by atomic mass is 15.3. The van der Waals surface area contributed by atoms with Crippen LogP contribution in [0.2, 0.25) is 0 Å². The first-order chi connectivity index (χ1) is 7.90. The van der Waals surface area contributed by atoms with Crippen molar-refractivity contribution in [2.24, 2.45) is 0 Å². The fraction of sp³-hybridized carbons (Fsp3) is 0.583. The molecule has 1 aliphatic rings. The molecule has 1 radical (unpaired) electrons. The summed E-state index contributed by atoms with van der Waals surface area (Å²) in [6.45, 7) is 7.60. The predicted octanol–water partition coefficient (Wildman–Crippen LogP) is 1.21. The van der Waals surface area contributed by atoms with Gasteiger partial charge < -0.3 is 4.90 Å². The Bertz CT molecular complexity index is 293. The molecule has 0 amide bonds. The third kappa shape index (κ3) is 2.92. The van der Waals surface area contributed by atoms with E-state index in [2.05, 4.69) is 33.1 Å². The van der Waals surface area contributed by atoms with Gasteiger partial charge in [-0.15, -0.1) is 0 Å². The van der Waals surface area contributed by atoms with Gasteiger partial charge in [-0.1, -0.05) is 6.92 Å². The molecule has 1 fully saturated rings. The maximum atomic E-state index is 4.28. The van der Waals surface area contributed by atoms with Gasteiger partial charge in [-0.05, 0) is 25.5 Å². The third-order valence-corrected chi connectivity index (χ3v) is 2.94. The third-order valence-electron chi connectivity index (χ3n) is 2.94. The summed E-state index contributed by atoms with van der Waals surface area (Å²) in [6, 6.07) is 1.86. The van der Waals surface area contributed by atoms with Gasteiger partial charge >= 0.3 is 0 Å². The second kappa shape index (κ2) is 5.80. The Morgan fingerprint density at radius 2 is 1.88 bits per heavy atom. The molecule has 1 aromatic heterocycles. The van der Waals surface area contributed by atoms with E-state index < -0.39 is 0 Å². The molecule has 0 saturated carbocycles. The molecule has 1 aromatic rings. The van der Waals surface area contributed by atoms with Crippen LogP contribution in [0.4, 0.5) is 5.95 Å². The van der Waals surface area contributed by atoms with Crippen LogP contribution >= 0.6 is 0 Å². The molecule has 1 aliphatic heterocycles. The van der Waals surface area contributed by atoms with Gasteiger partial charge in [-0.25, -0.2) is 9.97 Å². The van der Waals surface area contributed by atoms with Crippen molar-refractivity contribution in [3.8, 4) is 0 Å². The molecule has 16 heavy (non-hydrogen) atoms. The van der Waals surface area contributed by atoms with Gasteiger partial charge in [-0.2, -0.15) is 0 Å². The molecule has 0 bridgehead atoms. The summed E-state index contributed by atoms with van der Waals surface area (Å²) in [5, 5.41) is 0. The zero-order chi connectivity index (χ0) is 11.2. The van der Waals surface area contributed by atoms with E-state index in [-0.39, 0.29) is 0 Å². The normalized spacial score (nSPS) is 17.7. The SMILES string of the molecule is C[CH]CCN1CCN(c2ncccn2)CC1. The van der Waals surface area contributed by atoms with Gasteiger partial charge in [0.05, 0.1) is 0 Å². The molecule has 0 spiro atoms. The first kappa shape index (κ1) is 11.3.